The average molecular weight is 302 g/mol. The molecular weight excluding hydrogens is 286 g/mol. The van der Waals surface area contributed by atoms with E-state index in [1.54, 1.807) is 6.92 Å². The average Bonchev–Trinajstić information content (AvgIpc) is 2.40. The number of anilines is 1. The van der Waals surface area contributed by atoms with Gasteiger partial charge in [0.2, 0.25) is 0 Å². The van der Waals surface area contributed by atoms with Gasteiger partial charge in [0.1, 0.15) is 11.8 Å². The number of aliphatic carboxylic acids is 1. The third-order valence-corrected chi connectivity index (χ3v) is 2.52. The summed E-state index contributed by atoms with van der Waals surface area (Å²) in [6.07, 6.45) is 0.917. The molecule has 0 bridgehead atoms. The van der Waals surface area contributed by atoms with Crippen LogP contribution in [0.5, 0.6) is 5.75 Å². The van der Waals surface area contributed by atoms with Crippen LogP contribution in [-0.4, -0.2) is 29.8 Å². The molecule has 1 aromatic rings. The molecule has 1 rings (SSSR count). The summed E-state index contributed by atoms with van der Waals surface area (Å²) in [7, 11) is 0. The first-order valence-electron chi connectivity index (χ1n) is 6.27. The number of nitrogens with one attached hydrogen (secondary N) is 2. The Morgan fingerprint density at radius 1 is 1.29 bits per heavy atom. The van der Waals surface area contributed by atoms with E-state index in [2.05, 4.69) is 15.4 Å². The molecule has 3 N–H and O–H groups in total. The van der Waals surface area contributed by atoms with Crippen molar-refractivity contribution in [1.82, 2.24) is 5.32 Å². The van der Waals surface area contributed by atoms with E-state index in [1.807, 2.05) is 0 Å². The van der Waals surface area contributed by atoms with Crippen molar-refractivity contribution in [1.29, 1.82) is 0 Å². The first-order chi connectivity index (χ1) is 9.92. The zero-order valence-electron chi connectivity index (χ0n) is 11.3. The number of carboxylic acids is 1. The van der Waals surface area contributed by atoms with Crippen LogP contribution in [0.4, 0.5) is 19.3 Å². The Kier molecular flexibility index (Phi) is 6.38. The summed E-state index contributed by atoms with van der Waals surface area (Å²) in [5.41, 5.74) is 0.328. The molecule has 21 heavy (non-hydrogen) atoms. The number of carbonyl (C=O) groups is 2. The summed E-state index contributed by atoms with van der Waals surface area (Å²) in [5, 5.41) is 13.6. The zero-order valence-corrected chi connectivity index (χ0v) is 11.3. The molecule has 1 atom stereocenters. The van der Waals surface area contributed by atoms with Crippen LogP contribution < -0.4 is 15.4 Å². The topological polar surface area (TPSA) is 87.7 Å². The lowest BCUT2D eigenvalue weighted by Crippen LogP contribution is -2.42. The van der Waals surface area contributed by atoms with Crippen molar-refractivity contribution >= 4 is 17.7 Å². The molecule has 0 aromatic heterocycles. The maximum Gasteiger partial charge on any atom is 0.387 e. The first kappa shape index (κ1) is 16.7. The lowest BCUT2D eigenvalue weighted by atomic mass is 10.2. The Labute approximate surface area is 120 Å². The maximum absolute atomic E-state index is 12.0. The smallest absolute Gasteiger partial charge is 0.387 e. The number of rotatable bonds is 7. The van der Waals surface area contributed by atoms with E-state index in [4.69, 9.17) is 5.11 Å². The number of urea groups is 1. The third-order valence-electron chi connectivity index (χ3n) is 2.52. The van der Waals surface area contributed by atoms with Gasteiger partial charge >= 0.3 is 18.6 Å². The largest absolute Gasteiger partial charge is 0.480 e. The zero-order chi connectivity index (χ0) is 15.8. The molecule has 0 fully saturated rings. The van der Waals surface area contributed by atoms with Gasteiger partial charge in [-0.05, 0) is 30.7 Å². The predicted octanol–water partition coefficient (Wildman–Crippen LogP) is 2.66. The molecule has 0 saturated carbocycles. The summed E-state index contributed by atoms with van der Waals surface area (Å²) < 4.78 is 28.1. The fourth-order valence-corrected chi connectivity index (χ4v) is 1.59. The molecule has 116 valence electrons. The number of hydrogen-bond donors (Lipinski definition) is 3. The number of carboxylic acid groups (broad SMARTS) is 1. The molecule has 0 aliphatic rings. The fourth-order valence-electron chi connectivity index (χ4n) is 1.59. The molecule has 0 saturated heterocycles. The van der Waals surface area contributed by atoms with Gasteiger partial charge in [-0.25, -0.2) is 9.59 Å². The second kappa shape index (κ2) is 8.03. The molecule has 1 unspecified atom stereocenters. The third kappa shape index (κ3) is 6.07. The van der Waals surface area contributed by atoms with Gasteiger partial charge in [0.25, 0.3) is 0 Å². The van der Waals surface area contributed by atoms with Crippen LogP contribution in [0, 0.1) is 0 Å². The van der Waals surface area contributed by atoms with Crippen LogP contribution in [0.25, 0.3) is 0 Å². The highest BCUT2D eigenvalue weighted by molar-refractivity contribution is 5.92. The molecule has 8 heteroatoms. The Hall–Kier alpha value is -2.38. The summed E-state index contributed by atoms with van der Waals surface area (Å²) in [6, 6.07) is 3.61. The molecule has 0 radical (unpaired) electrons. The van der Waals surface area contributed by atoms with Gasteiger partial charge in [-0.15, -0.1) is 0 Å². The van der Waals surface area contributed by atoms with Crippen molar-refractivity contribution in [2.45, 2.75) is 32.4 Å². The summed E-state index contributed by atoms with van der Waals surface area (Å²) in [5.74, 6) is -1.15. The summed E-state index contributed by atoms with van der Waals surface area (Å²) in [6.45, 7) is -1.12. The van der Waals surface area contributed by atoms with E-state index in [1.165, 1.54) is 24.3 Å². The van der Waals surface area contributed by atoms with E-state index in [0.29, 0.717) is 18.5 Å². The van der Waals surface area contributed by atoms with E-state index in [9.17, 15) is 18.4 Å². The number of alkyl halides is 2. The lowest BCUT2D eigenvalue weighted by Gasteiger charge is -2.14. The normalized spacial score (nSPS) is 11.8. The van der Waals surface area contributed by atoms with Crippen molar-refractivity contribution in [2.75, 3.05) is 5.32 Å². The number of hydrogen-bond acceptors (Lipinski definition) is 3. The quantitative estimate of drug-likeness (QED) is 0.722. The SMILES string of the molecule is CCCC(NC(=O)Nc1ccc(OC(F)F)cc1)C(=O)O. The van der Waals surface area contributed by atoms with Gasteiger partial charge in [0.15, 0.2) is 0 Å². The maximum atomic E-state index is 12.0. The summed E-state index contributed by atoms with van der Waals surface area (Å²) in [4.78, 5) is 22.5. The van der Waals surface area contributed by atoms with Gasteiger partial charge in [0, 0.05) is 5.69 Å². The van der Waals surface area contributed by atoms with Gasteiger partial charge in [-0.3, -0.25) is 0 Å². The molecule has 0 heterocycles. The molecule has 0 aliphatic heterocycles. The first-order valence-corrected chi connectivity index (χ1v) is 6.27. The van der Waals surface area contributed by atoms with Gasteiger partial charge in [0.05, 0.1) is 0 Å². The number of carbonyl (C=O) groups excluding carboxylic acids is 1. The molecular formula is C13H16F2N2O4. The Morgan fingerprint density at radius 2 is 1.90 bits per heavy atom. The van der Waals surface area contributed by atoms with Gasteiger partial charge < -0.3 is 20.5 Å². The van der Waals surface area contributed by atoms with Crippen molar-refractivity contribution < 1.29 is 28.2 Å². The van der Waals surface area contributed by atoms with Crippen molar-refractivity contribution in [3.8, 4) is 5.75 Å². The molecule has 0 spiro atoms. The van der Waals surface area contributed by atoms with E-state index in [0.717, 1.165) is 0 Å². The van der Waals surface area contributed by atoms with E-state index in [-0.39, 0.29) is 5.75 Å². The Bertz CT molecular complexity index is 480. The highest BCUT2D eigenvalue weighted by atomic mass is 19.3. The number of benzene rings is 1. The second-order valence-electron chi connectivity index (χ2n) is 4.18. The minimum absolute atomic E-state index is 0.0367. The standard InChI is InChI=1S/C13H16F2N2O4/c1-2-3-10(11(18)19)17-13(20)16-8-4-6-9(7-5-8)21-12(14)15/h4-7,10,12H,2-3H2,1H3,(H,18,19)(H2,16,17,20). The van der Waals surface area contributed by atoms with Gasteiger partial charge in [-0.2, -0.15) is 8.78 Å². The number of ether oxygens (including phenoxy) is 1. The van der Waals surface area contributed by atoms with Gasteiger partial charge in [-0.1, -0.05) is 13.3 Å². The minimum atomic E-state index is -2.92. The van der Waals surface area contributed by atoms with Crippen molar-refractivity contribution in [3.05, 3.63) is 24.3 Å². The monoisotopic (exact) mass is 302 g/mol. The second-order valence-corrected chi connectivity index (χ2v) is 4.18. The van der Waals surface area contributed by atoms with Crippen LogP contribution >= 0.6 is 0 Å². The molecule has 6 nitrogen and oxygen atoms in total. The van der Waals surface area contributed by atoms with E-state index < -0.39 is 24.7 Å². The number of halogens is 2. The highest BCUT2D eigenvalue weighted by Gasteiger charge is 2.18. The van der Waals surface area contributed by atoms with Crippen molar-refractivity contribution in [3.63, 3.8) is 0 Å². The fraction of sp³-hybridized carbons (Fsp3) is 0.385. The summed E-state index contributed by atoms with van der Waals surface area (Å²) >= 11 is 0. The van der Waals surface area contributed by atoms with Crippen LogP contribution in [0.3, 0.4) is 0 Å². The molecule has 0 aliphatic carbocycles. The number of amides is 2. The lowest BCUT2D eigenvalue weighted by molar-refractivity contribution is -0.139. The Morgan fingerprint density at radius 3 is 2.38 bits per heavy atom. The van der Waals surface area contributed by atoms with Crippen molar-refractivity contribution in [2.24, 2.45) is 0 Å². The molecule has 1 aromatic carbocycles. The minimum Gasteiger partial charge on any atom is -0.480 e. The molecule has 2 amide bonds. The predicted molar refractivity (Wildman–Crippen MR) is 71.6 cm³/mol. The van der Waals surface area contributed by atoms with Crippen LogP contribution in [0.15, 0.2) is 24.3 Å². The van der Waals surface area contributed by atoms with E-state index >= 15 is 0 Å². The van der Waals surface area contributed by atoms with Crippen LogP contribution in [0.2, 0.25) is 0 Å². The Balaban J connectivity index is 2.56. The van der Waals surface area contributed by atoms with Crippen LogP contribution in [-0.2, 0) is 4.79 Å². The van der Waals surface area contributed by atoms with Crippen LogP contribution in [0.1, 0.15) is 19.8 Å². The highest BCUT2D eigenvalue weighted by Crippen LogP contribution is 2.17.